The number of aryl methyl sites for hydroxylation is 2. The summed E-state index contributed by atoms with van der Waals surface area (Å²) in [4.78, 5) is 25.6. The van der Waals surface area contributed by atoms with E-state index in [9.17, 15) is 9.59 Å². The first-order valence-corrected chi connectivity index (χ1v) is 10.3. The minimum absolute atomic E-state index is 0.238. The first-order valence-electron chi connectivity index (χ1n) is 9.44. The van der Waals surface area contributed by atoms with Crippen molar-refractivity contribution in [3.8, 4) is 0 Å². The standard InChI is InChI=1S/C22H21N3O3S/c1-13-6-3-7-15(12-13)23-22(27)20-14(2)19-16(8-4-9-17(19)28-20)24-25-21(26)18-10-5-11-29-18/h3,5-7,10-12H,4,8-9H2,1-2H3,(H,23,27)(H,25,26)/b24-16+. The fourth-order valence-corrected chi connectivity index (χ4v) is 4.10. The van der Waals surface area contributed by atoms with Crippen LogP contribution < -0.4 is 10.7 Å². The topological polar surface area (TPSA) is 83.7 Å². The van der Waals surface area contributed by atoms with E-state index in [4.69, 9.17) is 4.42 Å². The van der Waals surface area contributed by atoms with Crippen molar-refractivity contribution >= 4 is 34.6 Å². The highest BCUT2D eigenvalue weighted by Gasteiger charge is 2.28. The Morgan fingerprint density at radius 3 is 2.72 bits per heavy atom. The zero-order chi connectivity index (χ0) is 20.4. The Bertz CT molecular complexity index is 1100. The number of furan rings is 1. The number of amides is 2. The van der Waals surface area contributed by atoms with Crippen LogP contribution in [0.1, 0.15) is 55.5 Å². The van der Waals surface area contributed by atoms with E-state index >= 15 is 0 Å². The third-order valence-electron chi connectivity index (χ3n) is 4.85. The van der Waals surface area contributed by atoms with Crippen LogP contribution in [-0.2, 0) is 6.42 Å². The Kier molecular flexibility index (Phi) is 5.31. The van der Waals surface area contributed by atoms with Crippen LogP contribution >= 0.6 is 11.3 Å². The molecule has 0 saturated heterocycles. The van der Waals surface area contributed by atoms with Gasteiger partial charge in [0.1, 0.15) is 5.76 Å². The third-order valence-corrected chi connectivity index (χ3v) is 5.71. The molecule has 0 unspecified atom stereocenters. The molecule has 4 rings (SSSR count). The van der Waals surface area contributed by atoms with E-state index in [1.54, 1.807) is 6.07 Å². The number of hydrogen-bond acceptors (Lipinski definition) is 5. The SMILES string of the molecule is Cc1cccc(NC(=O)c2oc3c(c2C)/C(=N/NC(=O)c2cccs2)CCC3)c1. The van der Waals surface area contributed by atoms with E-state index in [0.717, 1.165) is 53.1 Å². The van der Waals surface area contributed by atoms with E-state index in [0.29, 0.717) is 4.88 Å². The Morgan fingerprint density at radius 1 is 1.10 bits per heavy atom. The second-order valence-corrected chi connectivity index (χ2v) is 7.96. The van der Waals surface area contributed by atoms with Gasteiger partial charge in [-0.25, -0.2) is 5.43 Å². The van der Waals surface area contributed by atoms with Crippen LogP contribution in [0.5, 0.6) is 0 Å². The lowest BCUT2D eigenvalue weighted by atomic mass is 9.93. The largest absolute Gasteiger partial charge is 0.455 e. The van der Waals surface area contributed by atoms with Crippen molar-refractivity contribution in [3.05, 3.63) is 74.9 Å². The average Bonchev–Trinajstić information content (AvgIpc) is 3.35. The molecule has 148 valence electrons. The van der Waals surface area contributed by atoms with Crippen LogP contribution in [0.25, 0.3) is 0 Å². The number of rotatable bonds is 4. The van der Waals surface area contributed by atoms with Gasteiger partial charge in [-0.15, -0.1) is 11.3 Å². The maximum absolute atomic E-state index is 12.8. The van der Waals surface area contributed by atoms with Crippen LogP contribution in [0.4, 0.5) is 5.69 Å². The molecule has 29 heavy (non-hydrogen) atoms. The predicted molar refractivity (Wildman–Crippen MR) is 114 cm³/mol. The third kappa shape index (κ3) is 4.00. The molecule has 3 aromatic rings. The van der Waals surface area contributed by atoms with E-state index in [2.05, 4.69) is 15.8 Å². The predicted octanol–water partition coefficient (Wildman–Crippen LogP) is 4.68. The Morgan fingerprint density at radius 2 is 1.97 bits per heavy atom. The van der Waals surface area contributed by atoms with Crippen molar-refractivity contribution in [2.24, 2.45) is 5.10 Å². The number of fused-ring (bicyclic) bond motifs is 1. The summed E-state index contributed by atoms with van der Waals surface area (Å²) in [5, 5.41) is 9.08. The van der Waals surface area contributed by atoms with Crippen LogP contribution in [0.3, 0.4) is 0 Å². The van der Waals surface area contributed by atoms with Crippen LogP contribution in [-0.4, -0.2) is 17.5 Å². The zero-order valence-corrected chi connectivity index (χ0v) is 17.1. The molecule has 0 bridgehead atoms. The normalized spacial score (nSPS) is 14.5. The van der Waals surface area contributed by atoms with Crippen molar-refractivity contribution in [1.82, 2.24) is 5.43 Å². The Balaban J connectivity index is 1.58. The van der Waals surface area contributed by atoms with Crippen LogP contribution in [0.15, 0.2) is 51.3 Å². The molecular formula is C22H21N3O3S. The van der Waals surface area contributed by atoms with E-state index in [1.165, 1.54) is 11.3 Å². The number of thiophene rings is 1. The Hall–Kier alpha value is -3.19. The van der Waals surface area contributed by atoms with Gasteiger partial charge in [0.15, 0.2) is 5.76 Å². The highest BCUT2D eigenvalue weighted by Crippen LogP contribution is 2.30. The minimum atomic E-state index is -0.288. The van der Waals surface area contributed by atoms with Crippen molar-refractivity contribution in [2.75, 3.05) is 5.32 Å². The molecule has 0 fully saturated rings. The summed E-state index contributed by atoms with van der Waals surface area (Å²) >= 11 is 1.36. The van der Waals surface area contributed by atoms with Crippen molar-refractivity contribution in [1.29, 1.82) is 0 Å². The molecule has 2 aromatic heterocycles. The molecule has 0 saturated carbocycles. The summed E-state index contributed by atoms with van der Waals surface area (Å²) in [6, 6.07) is 11.2. The molecule has 0 atom stereocenters. The molecule has 1 aliphatic rings. The van der Waals surface area contributed by atoms with Gasteiger partial charge >= 0.3 is 0 Å². The van der Waals surface area contributed by atoms with Gasteiger partial charge in [0.05, 0.1) is 10.6 Å². The summed E-state index contributed by atoms with van der Waals surface area (Å²) in [5.41, 5.74) is 6.73. The summed E-state index contributed by atoms with van der Waals surface area (Å²) in [7, 11) is 0. The first kappa shape index (κ1) is 19.1. The molecule has 0 spiro atoms. The fourth-order valence-electron chi connectivity index (χ4n) is 3.49. The van der Waals surface area contributed by atoms with E-state index < -0.39 is 0 Å². The molecule has 0 aliphatic heterocycles. The fraction of sp³-hybridized carbons (Fsp3) is 0.227. The lowest BCUT2D eigenvalue weighted by Gasteiger charge is -2.13. The van der Waals surface area contributed by atoms with Crippen LogP contribution in [0, 0.1) is 13.8 Å². The number of hydrazone groups is 1. The molecule has 7 heteroatoms. The maximum Gasteiger partial charge on any atom is 0.291 e. The van der Waals surface area contributed by atoms with Crippen molar-refractivity contribution < 1.29 is 14.0 Å². The van der Waals surface area contributed by atoms with Gasteiger partial charge in [-0.3, -0.25) is 9.59 Å². The van der Waals surface area contributed by atoms with Gasteiger partial charge in [-0.1, -0.05) is 18.2 Å². The van der Waals surface area contributed by atoms with Crippen LogP contribution in [0.2, 0.25) is 0 Å². The molecular weight excluding hydrogens is 386 g/mol. The highest BCUT2D eigenvalue weighted by molar-refractivity contribution is 7.12. The average molecular weight is 407 g/mol. The number of carbonyl (C=O) groups is 2. The lowest BCUT2D eigenvalue weighted by Crippen LogP contribution is -2.21. The van der Waals surface area contributed by atoms with Crippen molar-refractivity contribution in [3.63, 3.8) is 0 Å². The smallest absolute Gasteiger partial charge is 0.291 e. The summed E-state index contributed by atoms with van der Waals surface area (Å²) in [6.45, 7) is 3.83. The minimum Gasteiger partial charge on any atom is -0.455 e. The second kappa shape index (κ2) is 8.05. The van der Waals surface area contributed by atoms with E-state index in [1.807, 2.05) is 49.6 Å². The molecule has 1 aromatic carbocycles. The second-order valence-electron chi connectivity index (χ2n) is 7.01. The zero-order valence-electron chi connectivity index (χ0n) is 16.2. The molecule has 2 heterocycles. The number of benzene rings is 1. The van der Waals surface area contributed by atoms with Gasteiger partial charge in [0.2, 0.25) is 0 Å². The van der Waals surface area contributed by atoms with Gasteiger partial charge in [0.25, 0.3) is 11.8 Å². The summed E-state index contributed by atoms with van der Waals surface area (Å²) in [6.07, 6.45) is 2.31. The number of hydrogen-bond donors (Lipinski definition) is 2. The molecule has 2 amide bonds. The Labute approximate surface area is 172 Å². The monoisotopic (exact) mass is 407 g/mol. The number of carbonyl (C=O) groups excluding carboxylic acids is 2. The molecule has 2 N–H and O–H groups in total. The maximum atomic E-state index is 12.8. The number of nitrogens with one attached hydrogen (secondary N) is 2. The van der Waals surface area contributed by atoms with Gasteiger partial charge < -0.3 is 9.73 Å². The molecule has 1 aliphatic carbocycles. The number of nitrogens with zero attached hydrogens (tertiary/aromatic N) is 1. The number of anilines is 1. The summed E-state index contributed by atoms with van der Waals surface area (Å²) < 4.78 is 5.91. The van der Waals surface area contributed by atoms with Gasteiger partial charge in [-0.05, 0) is 55.8 Å². The molecule has 0 radical (unpaired) electrons. The summed E-state index contributed by atoms with van der Waals surface area (Å²) in [5.74, 6) is 0.505. The van der Waals surface area contributed by atoms with Gasteiger partial charge in [0, 0.05) is 23.2 Å². The quantitative estimate of drug-likeness (QED) is 0.616. The van der Waals surface area contributed by atoms with Gasteiger partial charge in [-0.2, -0.15) is 5.10 Å². The van der Waals surface area contributed by atoms with E-state index in [-0.39, 0.29) is 17.6 Å². The first-order chi connectivity index (χ1) is 14.0. The molecule has 6 nitrogen and oxygen atoms in total. The lowest BCUT2D eigenvalue weighted by molar-refractivity contribution is 0.0957. The van der Waals surface area contributed by atoms with Crippen molar-refractivity contribution in [2.45, 2.75) is 33.1 Å². The highest BCUT2D eigenvalue weighted by atomic mass is 32.1.